The maximum Gasteiger partial charge on any atom is 0.237 e. The SMILES string of the molecule is COCCN(CCOC)CC(=O)N1[C@H](C)CCC[C@@H]1C. The molecule has 118 valence electrons. The molecule has 5 heteroatoms. The molecular formula is C15H30N2O3. The van der Waals surface area contributed by atoms with Gasteiger partial charge in [0, 0.05) is 39.4 Å². The number of amides is 1. The third kappa shape index (κ3) is 5.38. The van der Waals surface area contributed by atoms with Crippen molar-refractivity contribution in [2.24, 2.45) is 0 Å². The van der Waals surface area contributed by atoms with Crippen LogP contribution in [-0.4, -0.2) is 74.9 Å². The van der Waals surface area contributed by atoms with Crippen LogP contribution in [0.3, 0.4) is 0 Å². The van der Waals surface area contributed by atoms with Crippen molar-refractivity contribution in [1.29, 1.82) is 0 Å². The van der Waals surface area contributed by atoms with Gasteiger partial charge in [0.2, 0.25) is 5.91 Å². The predicted octanol–water partition coefficient (Wildman–Crippen LogP) is 1.37. The number of carbonyl (C=O) groups excluding carboxylic acids is 1. The molecule has 1 rings (SSSR count). The lowest BCUT2D eigenvalue weighted by atomic mass is 9.97. The van der Waals surface area contributed by atoms with Crippen LogP contribution in [-0.2, 0) is 14.3 Å². The minimum atomic E-state index is 0.233. The lowest BCUT2D eigenvalue weighted by molar-refractivity contribution is -0.138. The summed E-state index contributed by atoms with van der Waals surface area (Å²) >= 11 is 0. The summed E-state index contributed by atoms with van der Waals surface area (Å²) in [6.07, 6.45) is 3.46. The molecule has 1 saturated heterocycles. The van der Waals surface area contributed by atoms with Crippen molar-refractivity contribution in [3.05, 3.63) is 0 Å². The maximum atomic E-state index is 12.6. The van der Waals surface area contributed by atoms with Crippen LogP contribution in [0.4, 0.5) is 0 Å². The second-order valence-corrected chi connectivity index (χ2v) is 5.69. The van der Waals surface area contributed by atoms with E-state index in [0.717, 1.165) is 25.9 Å². The van der Waals surface area contributed by atoms with Crippen LogP contribution in [0.25, 0.3) is 0 Å². The van der Waals surface area contributed by atoms with Gasteiger partial charge in [-0.25, -0.2) is 0 Å². The first-order valence-corrected chi connectivity index (χ1v) is 7.61. The van der Waals surface area contributed by atoms with E-state index in [1.807, 2.05) is 0 Å². The summed E-state index contributed by atoms with van der Waals surface area (Å²) in [5.74, 6) is 0.233. The monoisotopic (exact) mass is 286 g/mol. The third-order valence-corrected chi connectivity index (χ3v) is 4.06. The number of methoxy groups -OCH3 is 2. The second kappa shape index (κ2) is 9.32. The number of carbonyl (C=O) groups is 1. The number of likely N-dealkylation sites (tertiary alicyclic amines) is 1. The number of hydrogen-bond donors (Lipinski definition) is 0. The van der Waals surface area contributed by atoms with E-state index in [4.69, 9.17) is 9.47 Å². The molecule has 20 heavy (non-hydrogen) atoms. The minimum absolute atomic E-state index is 0.233. The number of piperidine rings is 1. The third-order valence-electron chi connectivity index (χ3n) is 4.06. The average Bonchev–Trinajstić information content (AvgIpc) is 2.41. The zero-order valence-electron chi connectivity index (χ0n) is 13.4. The first-order chi connectivity index (χ1) is 9.60. The molecule has 1 heterocycles. The van der Waals surface area contributed by atoms with Crippen molar-refractivity contribution in [2.75, 3.05) is 47.1 Å². The molecule has 0 spiro atoms. The minimum Gasteiger partial charge on any atom is -0.383 e. The molecule has 0 radical (unpaired) electrons. The zero-order valence-corrected chi connectivity index (χ0v) is 13.4. The molecule has 0 aromatic heterocycles. The summed E-state index contributed by atoms with van der Waals surface area (Å²) < 4.78 is 10.2. The summed E-state index contributed by atoms with van der Waals surface area (Å²) in [6.45, 7) is 7.58. The fraction of sp³-hybridized carbons (Fsp3) is 0.933. The van der Waals surface area contributed by atoms with Gasteiger partial charge >= 0.3 is 0 Å². The summed E-state index contributed by atoms with van der Waals surface area (Å²) in [4.78, 5) is 16.7. The molecule has 1 fully saturated rings. The lowest BCUT2D eigenvalue weighted by Crippen LogP contribution is -2.51. The van der Waals surface area contributed by atoms with Gasteiger partial charge in [-0.3, -0.25) is 9.69 Å². The molecule has 1 aliphatic rings. The van der Waals surface area contributed by atoms with Crippen molar-refractivity contribution < 1.29 is 14.3 Å². The van der Waals surface area contributed by atoms with E-state index in [1.54, 1.807) is 14.2 Å². The van der Waals surface area contributed by atoms with Crippen LogP contribution >= 0.6 is 0 Å². The lowest BCUT2D eigenvalue weighted by Gasteiger charge is -2.40. The molecule has 0 aliphatic carbocycles. The smallest absolute Gasteiger partial charge is 0.237 e. The van der Waals surface area contributed by atoms with Gasteiger partial charge in [0.1, 0.15) is 0 Å². The topological polar surface area (TPSA) is 42.0 Å². The van der Waals surface area contributed by atoms with Gasteiger partial charge in [-0.15, -0.1) is 0 Å². The molecule has 2 atom stereocenters. The van der Waals surface area contributed by atoms with Crippen molar-refractivity contribution in [3.8, 4) is 0 Å². The van der Waals surface area contributed by atoms with E-state index < -0.39 is 0 Å². The Labute approximate surface area is 123 Å². The van der Waals surface area contributed by atoms with Crippen molar-refractivity contribution >= 4 is 5.91 Å². The molecule has 1 aliphatic heterocycles. The second-order valence-electron chi connectivity index (χ2n) is 5.69. The van der Waals surface area contributed by atoms with Crippen molar-refractivity contribution in [1.82, 2.24) is 9.80 Å². The van der Waals surface area contributed by atoms with Gasteiger partial charge in [-0.1, -0.05) is 0 Å². The van der Waals surface area contributed by atoms with Crippen molar-refractivity contribution in [2.45, 2.75) is 45.2 Å². The molecule has 5 nitrogen and oxygen atoms in total. The van der Waals surface area contributed by atoms with E-state index >= 15 is 0 Å². The normalized spacial score (nSPS) is 23.4. The summed E-state index contributed by atoms with van der Waals surface area (Å²) in [7, 11) is 3.37. The van der Waals surface area contributed by atoms with Crippen LogP contribution in [0, 0.1) is 0 Å². The van der Waals surface area contributed by atoms with Crippen LogP contribution < -0.4 is 0 Å². The predicted molar refractivity (Wildman–Crippen MR) is 79.8 cm³/mol. The van der Waals surface area contributed by atoms with Gasteiger partial charge in [-0.2, -0.15) is 0 Å². The van der Waals surface area contributed by atoms with Gasteiger partial charge in [0.05, 0.1) is 19.8 Å². The zero-order chi connectivity index (χ0) is 15.0. The Kier molecular flexibility index (Phi) is 8.11. The van der Waals surface area contributed by atoms with Crippen LogP contribution in [0.2, 0.25) is 0 Å². The largest absolute Gasteiger partial charge is 0.383 e. The summed E-state index contributed by atoms with van der Waals surface area (Å²) in [5.41, 5.74) is 0. The van der Waals surface area contributed by atoms with E-state index in [2.05, 4.69) is 23.6 Å². The molecule has 1 amide bonds. The molecular weight excluding hydrogens is 256 g/mol. The summed E-state index contributed by atoms with van der Waals surface area (Å²) in [5, 5.41) is 0. The number of ether oxygens (including phenoxy) is 2. The molecule has 0 aromatic rings. The van der Waals surface area contributed by atoms with E-state index in [9.17, 15) is 4.79 Å². The first-order valence-electron chi connectivity index (χ1n) is 7.61. The summed E-state index contributed by atoms with van der Waals surface area (Å²) in [6, 6.07) is 0.718. The fourth-order valence-electron chi connectivity index (χ4n) is 2.90. The fourth-order valence-corrected chi connectivity index (χ4v) is 2.90. The average molecular weight is 286 g/mol. The first kappa shape index (κ1) is 17.4. The van der Waals surface area contributed by atoms with Crippen molar-refractivity contribution in [3.63, 3.8) is 0 Å². The highest BCUT2D eigenvalue weighted by atomic mass is 16.5. The Balaban J connectivity index is 2.53. The number of hydrogen-bond acceptors (Lipinski definition) is 4. The highest BCUT2D eigenvalue weighted by Crippen LogP contribution is 2.22. The van der Waals surface area contributed by atoms with Gasteiger partial charge in [0.15, 0.2) is 0 Å². The molecule has 0 bridgehead atoms. The van der Waals surface area contributed by atoms with Crippen LogP contribution in [0.5, 0.6) is 0 Å². The van der Waals surface area contributed by atoms with Gasteiger partial charge in [-0.05, 0) is 33.1 Å². The molecule has 0 aromatic carbocycles. The Bertz CT molecular complexity index is 268. The number of nitrogens with zero attached hydrogens (tertiary/aromatic N) is 2. The van der Waals surface area contributed by atoms with E-state index in [0.29, 0.717) is 31.8 Å². The van der Waals surface area contributed by atoms with E-state index in [1.165, 1.54) is 6.42 Å². The standard InChI is InChI=1S/C15H30N2O3/c1-13-6-5-7-14(2)17(13)15(18)12-16(8-10-19-3)9-11-20-4/h13-14H,5-12H2,1-4H3/t13-,14+. The number of rotatable bonds is 8. The molecule has 0 saturated carbocycles. The quantitative estimate of drug-likeness (QED) is 0.676. The van der Waals surface area contributed by atoms with Crippen LogP contribution in [0.15, 0.2) is 0 Å². The van der Waals surface area contributed by atoms with Gasteiger partial charge in [0.25, 0.3) is 0 Å². The highest BCUT2D eigenvalue weighted by Gasteiger charge is 2.29. The Morgan fingerprint density at radius 1 is 1.10 bits per heavy atom. The van der Waals surface area contributed by atoms with E-state index in [-0.39, 0.29) is 5.91 Å². The highest BCUT2D eigenvalue weighted by molar-refractivity contribution is 5.79. The molecule has 0 unspecified atom stereocenters. The van der Waals surface area contributed by atoms with Crippen LogP contribution in [0.1, 0.15) is 33.1 Å². The maximum absolute atomic E-state index is 12.6. The van der Waals surface area contributed by atoms with Gasteiger partial charge < -0.3 is 14.4 Å². The Morgan fingerprint density at radius 3 is 2.05 bits per heavy atom. The Morgan fingerprint density at radius 2 is 1.60 bits per heavy atom. The Hall–Kier alpha value is -0.650. The molecule has 0 N–H and O–H groups in total.